The highest BCUT2D eigenvalue weighted by molar-refractivity contribution is 7.09. The first-order valence-electron chi connectivity index (χ1n) is 7.32. The summed E-state index contributed by atoms with van der Waals surface area (Å²) in [5.74, 6) is 0.896. The maximum absolute atomic E-state index is 12.4. The van der Waals surface area contributed by atoms with Crippen molar-refractivity contribution < 1.29 is 4.79 Å². The van der Waals surface area contributed by atoms with Gasteiger partial charge in [-0.25, -0.2) is 0 Å². The summed E-state index contributed by atoms with van der Waals surface area (Å²) < 4.78 is 0. The zero-order valence-corrected chi connectivity index (χ0v) is 13.1. The van der Waals surface area contributed by atoms with E-state index in [9.17, 15) is 4.79 Å². The second kappa shape index (κ2) is 7.60. The molecule has 2 rings (SSSR count). The van der Waals surface area contributed by atoms with Crippen molar-refractivity contribution in [3.05, 3.63) is 35.0 Å². The minimum absolute atomic E-state index is 0.259. The molecule has 1 fully saturated rings. The smallest absolute Gasteiger partial charge is 0.236 e. The summed E-state index contributed by atoms with van der Waals surface area (Å²) in [5.41, 5.74) is 0. The van der Waals surface area contributed by atoms with Crippen LogP contribution in [0.3, 0.4) is 0 Å². The first-order valence-corrected chi connectivity index (χ1v) is 8.20. The fourth-order valence-electron chi connectivity index (χ4n) is 2.70. The van der Waals surface area contributed by atoms with Crippen LogP contribution < -0.4 is 0 Å². The number of rotatable bonds is 6. The molecule has 1 aliphatic heterocycles. The molecule has 0 aromatic carbocycles. The Hall–Kier alpha value is -1.13. The fourth-order valence-corrected chi connectivity index (χ4v) is 3.44. The van der Waals surface area contributed by atoms with Gasteiger partial charge in [0.25, 0.3) is 0 Å². The predicted octanol–water partition coefficient (Wildman–Crippen LogP) is 2.99. The normalized spacial score (nSPS) is 19.3. The van der Waals surface area contributed by atoms with Crippen LogP contribution in [0.15, 0.2) is 30.2 Å². The zero-order valence-electron chi connectivity index (χ0n) is 12.3. The highest BCUT2D eigenvalue weighted by atomic mass is 32.1. The van der Waals surface area contributed by atoms with Crippen molar-refractivity contribution in [2.24, 2.45) is 5.92 Å². The number of amides is 1. The molecule has 2 heterocycles. The van der Waals surface area contributed by atoms with E-state index < -0.39 is 0 Å². The van der Waals surface area contributed by atoms with Gasteiger partial charge in [0.15, 0.2) is 0 Å². The lowest BCUT2D eigenvalue weighted by molar-refractivity contribution is -0.134. The summed E-state index contributed by atoms with van der Waals surface area (Å²) >= 11 is 1.74. The summed E-state index contributed by atoms with van der Waals surface area (Å²) in [6.45, 7) is 9.95. The lowest BCUT2D eigenvalue weighted by Crippen LogP contribution is -2.44. The van der Waals surface area contributed by atoms with Gasteiger partial charge in [0.05, 0.1) is 6.54 Å². The molecule has 0 aliphatic carbocycles. The standard InChI is InChI=1S/C16H24N2OS/c1-3-8-17(12-15-7-5-10-20-15)13-16(19)18-9-4-6-14(2)11-18/h3,5,7,10,14H,1,4,6,8-9,11-13H2,2H3. The summed E-state index contributed by atoms with van der Waals surface area (Å²) in [7, 11) is 0. The quantitative estimate of drug-likeness (QED) is 0.753. The molecule has 110 valence electrons. The zero-order chi connectivity index (χ0) is 14.4. The molecule has 3 nitrogen and oxygen atoms in total. The molecule has 0 bridgehead atoms. The third kappa shape index (κ3) is 4.46. The molecular formula is C16H24N2OS. The van der Waals surface area contributed by atoms with Crippen molar-refractivity contribution >= 4 is 17.2 Å². The predicted molar refractivity (Wildman–Crippen MR) is 84.8 cm³/mol. The lowest BCUT2D eigenvalue weighted by Gasteiger charge is -2.32. The number of piperidine rings is 1. The van der Waals surface area contributed by atoms with Gasteiger partial charge in [0.2, 0.25) is 5.91 Å². The number of carbonyl (C=O) groups excluding carboxylic acids is 1. The first kappa shape index (κ1) is 15.3. The Bertz CT molecular complexity index is 430. The van der Waals surface area contributed by atoms with E-state index in [1.165, 1.54) is 11.3 Å². The summed E-state index contributed by atoms with van der Waals surface area (Å²) in [6, 6.07) is 4.18. The molecule has 0 spiro atoms. The minimum atomic E-state index is 0.259. The molecule has 1 aromatic rings. The Labute approximate surface area is 125 Å². The topological polar surface area (TPSA) is 23.6 Å². The van der Waals surface area contributed by atoms with E-state index in [-0.39, 0.29) is 5.91 Å². The van der Waals surface area contributed by atoms with Crippen molar-refractivity contribution in [2.45, 2.75) is 26.3 Å². The van der Waals surface area contributed by atoms with Gasteiger partial charge >= 0.3 is 0 Å². The number of hydrogen-bond acceptors (Lipinski definition) is 3. The van der Waals surface area contributed by atoms with E-state index >= 15 is 0 Å². The van der Waals surface area contributed by atoms with Gasteiger partial charge < -0.3 is 4.90 Å². The highest BCUT2D eigenvalue weighted by Crippen LogP contribution is 2.16. The number of thiophene rings is 1. The third-order valence-electron chi connectivity index (χ3n) is 3.72. The number of carbonyl (C=O) groups is 1. The summed E-state index contributed by atoms with van der Waals surface area (Å²) in [6.07, 6.45) is 4.26. The molecule has 0 radical (unpaired) electrons. The lowest BCUT2D eigenvalue weighted by atomic mass is 10.0. The monoisotopic (exact) mass is 292 g/mol. The van der Waals surface area contributed by atoms with Crippen LogP contribution in [0.5, 0.6) is 0 Å². The van der Waals surface area contributed by atoms with E-state index in [2.05, 4.69) is 35.9 Å². The maximum atomic E-state index is 12.4. The van der Waals surface area contributed by atoms with Crippen molar-refractivity contribution in [2.75, 3.05) is 26.2 Å². The van der Waals surface area contributed by atoms with Crippen molar-refractivity contribution in [1.29, 1.82) is 0 Å². The highest BCUT2D eigenvalue weighted by Gasteiger charge is 2.22. The molecule has 1 atom stereocenters. The Morgan fingerprint density at radius 3 is 3.15 bits per heavy atom. The third-order valence-corrected chi connectivity index (χ3v) is 4.58. The Morgan fingerprint density at radius 2 is 2.50 bits per heavy atom. The summed E-state index contributed by atoms with van der Waals surface area (Å²) in [5, 5.41) is 2.08. The van der Waals surface area contributed by atoms with Crippen molar-refractivity contribution in [1.82, 2.24) is 9.80 Å². The van der Waals surface area contributed by atoms with Crippen LogP contribution in [-0.4, -0.2) is 41.9 Å². The van der Waals surface area contributed by atoms with E-state index in [0.717, 1.165) is 32.6 Å². The first-order chi connectivity index (χ1) is 9.69. The fraction of sp³-hybridized carbons (Fsp3) is 0.562. The summed E-state index contributed by atoms with van der Waals surface area (Å²) in [4.78, 5) is 17.9. The molecule has 1 aliphatic rings. The van der Waals surface area contributed by atoms with Crippen LogP contribution in [0.4, 0.5) is 0 Å². The van der Waals surface area contributed by atoms with Gasteiger partial charge in [-0.15, -0.1) is 17.9 Å². The van der Waals surface area contributed by atoms with Gasteiger partial charge in [-0.05, 0) is 30.2 Å². The second-order valence-electron chi connectivity index (χ2n) is 5.62. The molecule has 0 N–H and O–H groups in total. The van der Waals surface area contributed by atoms with Crippen LogP contribution in [-0.2, 0) is 11.3 Å². The Balaban J connectivity index is 1.89. The molecule has 0 saturated carbocycles. The number of nitrogens with zero attached hydrogens (tertiary/aromatic N) is 2. The van der Waals surface area contributed by atoms with Gasteiger partial charge in [-0.2, -0.15) is 0 Å². The maximum Gasteiger partial charge on any atom is 0.236 e. The van der Waals surface area contributed by atoms with E-state index in [0.29, 0.717) is 12.5 Å². The van der Waals surface area contributed by atoms with Crippen LogP contribution in [0.25, 0.3) is 0 Å². The van der Waals surface area contributed by atoms with E-state index in [1.807, 2.05) is 11.0 Å². The Kier molecular flexibility index (Phi) is 5.80. The average molecular weight is 292 g/mol. The minimum Gasteiger partial charge on any atom is -0.341 e. The largest absolute Gasteiger partial charge is 0.341 e. The van der Waals surface area contributed by atoms with Gasteiger partial charge in [0.1, 0.15) is 0 Å². The molecule has 1 unspecified atom stereocenters. The van der Waals surface area contributed by atoms with E-state index in [1.54, 1.807) is 11.3 Å². The van der Waals surface area contributed by atoms with Gasteiger partial charge in [-0.1, -0.05) is 19.1 Å². The van der Waals surface area contributed by atoms with Crippen LogP contribution in [0.1, 0.15) is 24.6 Å². The van der Waals surface area contributed by atoms with Crippen molar-refractivity contribution in [3.8, 4) is 0 Å². The van der Waals surface area contributed by atoms with Crippen molar-refractivity contribution in [3.63, 3.8) is 0 Å². The number of likely N-dealkylation sites (tertiary alicyclic amines) is 1. The van der Waals surface area contributed by atoms with Gasteiger partial charge in [0, 0.05) is 31.1 Å². The number of hydrogen-bond donors (Lipinski definition) is 0. The van der Waals surface area contributed by atoms with E-state index in [4.69, 9.17) is 0 Å². The second-order valence-corrected chi connectivity index (χ2v) is 6.66. The molecule has 1 amide bonds. The van der Waals surface area contributed by atoms with Crippen LogP contribution >= 0.6 is 11.3 Å². The molecule has 20 heavy (non-hydrogen) atoms. The molecule has 1 saturated heterocycles. The van der Waals surface area contributed by atoms with Crippen LogP contribution in [0.2, 0.25) is 0 Å². The molecule has 1 aromatic heterocycles. The average Bonchev–Trinajstić information content (AvgIpc) is 2.92. The molecular weight excluding hydrogens is 268 g/mol. The SMILES string of the molecule is C=CCN(CC(=O)N1CCCC(C)C1)Cc1cccs1. The molecule has 4 heteroatoms. The van der Waals surface area contributed by atoms with Crippen LogP contribution in [0, 0.1) is 5.92 Å². The Morgan fingerprint density at radius 1 is 1.65 bits per heavy atom. The van der Waals surface area contributed by atoms with Gasteiger partial charge in [-0.3, -0.25) is 9.69 Å².